The standard InChI is InChI=1S/C12H15F3N2O3/c1-8(7-18)17(2)11(19)16-9-3-5-10(6-4-9)20-12(13,14)15/h3-6,8,18H,7H2,1-2H3,(H,16,19). The molecule has 1 rings (SSSR count). The maximum Gasteiger partial charge on any atom is 0.573 e. The molecule has 0 aromatic heterocycles. The van der Waals surface area contributed by atoms with Crippen molar-refractivity contribution in [3.8, 4) is 5.75 Å². The van der Waals surface area contributed by atoms with Crippen LogP contribution in [0.4, 0.5) is 23.7 Å². The number of halogens is 3. The Morgan fingerprint density at radius 2 is 1.95 bits per heavy atom. The first-order chi connectivity index (χ1) is 9.23. The number of benzene rings is 1. The summed E-state index contributed by atoms with van der Waals surface area (Å²) in [6.45, 7) is 1.46. The average molecular weight is 292 g/mol. The number of hydrogen-bond acceptors (Lipinski definition) is 3. The Labute approximate surface area is 113 Å². The van der Waals surface area contributed by atoms with Crippen molar-refractivity contribution in [1.82, 2.24) is 4.90 Å². The minimum atomic E-state index is -4.75. The van der Waals surface area contributed by atoms with Crippen LogP contribution in [0.25, 0.3) is 0 Å². The molecule has 0 saturated carbocycles. The number of hydrogen-bond donors (Lipinski definition) is 2. The summed E-state index contributed by atoms with van der Waals surface area (Å²) < 4.78 is 39.6. The van der Waals surface area contributed by atoms with Crippen molar-refractivity contribution in [3.05, 3.63) is 24.3 Å². The number of ether oxygens (including phenoxy) is 1. The van der Waals surface area contributed by atoms with E-state index in [-0.39, 0.29) is 18.4 Å². The van der Waals surface area contributed by atoms with Crippen molar-refractivity contribution in [1.29, 1.82) is 0 Å². The van der Waals surface area contributed by atoms with E-state index in [1.165, 1.54) is 24.1 Å². The second kappa shape index (κ2) is 6.47. The quantitative estimate of drug-likeness (QED) is 0.896. The molecule has 2 N–H and O–H groups in total. The lowest BCUT2D eigenvalue weighted by Gasteiger charge is -2.23. The fraction of sp³-hybridized carbons (Fsp3) is 0.417. The summed E-state index contributed by atoms with van der Waals surface area (Å²) in [7, 11) is 1.50. The molecule has 1 unspecified atom stereocenters. The van der Waals surface area contributed by atoms with E-state index in [1.54, 1.807) is 6.92 Å². The van der Waals surface area contributed by atoms with Crippen LogP contribution in [0.2, 0.25) is 0 Å². The van der Waals surface area contributed by atoms with Crippen molar-refractivity contribution in [3.63, 3.8) is 0 Å². The highest BCUT2D eigenvalue weighted by Crippen LogP contribution is 2.24. The maximum atomic E-state index is 12.0. The molecule has 0 bridgehead atoms. The Morgan fingerprint density at radius 3 is 2.40 bits per heavy atom. The van der Waals surface area contributed by atoms with Crippen LogP contribution in [0.15, 0.2) is 24.3 Å². The first-order valence-corrected chi connectivity index (χ1v) is 5.73. The molecule has 112 valence electrons. The second-order valence-electron chi connectivity index (χ2n) is 4.14. The Balaban J connectivity index is 2.64. The third-order valence-electron chi connectivity index (χ3n) is 2.58. The number of rotatable bonds is 4. The molecule has 1 atom stereocenters. The first kappa shape index (κ1) is 16.1. The van der Waals surface area contributed by atoms with Crippen LogP contribution in [0.5, 0.6) is 5.75 Å². The van der Waals surface area contributed by atoms with E-state index in [9.17, 15) is 18.0 Å². The lowest BCUT2D eigenvalue weighted by Crippen LogP contribution is -2.40. The molecule has 0 aliphatic rings. The Morgan fingerprint density at radius 1 is 1.40 bits per heavy atom. The van der Waals surface area contributed by atoms with Crippen molar-refractivity contribution < 1.29 is 27.8 Å². The number of aliphatic hydroxyl groups excluding tert-OH is 1. The molecule has 5 nitrogen and oxygen atoms in total. The van der Waals surface area contributed by atoms with Crippen LogP contribution in [0.3, 0.4) is 0 Å². The van der Waals surface area contributed by atoms with Gasteiger partial charge in [-0.05, 0) is 31.2 Å². The normalized spacial score (nSPS) is 12.7. The molecule has 1 aromatic carbocycles. The smallest absolute Gasteiger partial charge is 0.406 e. The van der Waals surface area contributed by atoms with Crippen LogP contribution in [-0.4, -0.2) is 42.1 Å². The van der Waals surface area contributed by atoms with Gasteiger partial charge < -0.3 is 20.1 Å². The maximum absolute atomic E-state index is 12.0. The monoisotopic (exact) mass is 292 g/mol. The van der Waals surface area contributed by atoms with Crippen LogP contribution >= 0.6 is 0 Å². The highest BCUT2D eigenvalue weighted by atomic mass is 19.4. The van der Waals surface area contributed by atoms with Gasteiger partial charge in [-0.2, -0.15) is 0 Å². The van der Waals surface area contributed by atoms with Crippen molar-refractivity contribution >= 4 is 11.7 Å². The average Bonchev–Trinajstić information content (AvgIpc) is 2.37. The van der Waals surface area contributed by atoms with E-state index in [1.807, 2.05) is 0 Å². The summed E-state index contributed by atoms with van der Waals surface area (Å²) in [5.41, 5.74) is 0.321. The van der Waals surface area contributed by atoms with Crippen molar-refractivity contribution in [2.24, 2.45) is 0 Å². The predicted molar refractivity (Wildman–Crippen MR) is 66.5 cm³/mol. The molecular weight excluding hydrogens is 277 g/mol. The zero-order chi connectivity index (χ0) is 15.3. The van der Waals surface area contributed by atoms with Gasteiger partial charge in [-0.3, -0.25) is 0 Å². The van der Waals surface area contributed by atoms with E-state index < -0.39 is 12.4 Å². The summed E-state index contributed by atoms with van der Waals surface area (Å²) in [5, 5.41) is 11.4. The number of anilines is 1. The zero-order valence-electron chi connectivity index (χ0n) is 10.9. The minimum absolute atomic E-state index is 0.192. The van der Waals surface area contributed by atoms with E-state index in [0.717, 1.165) is 12.1 Å². The lowest BCUT2D eigenvalue weighted by molar-refractivity contribution is -0.274. The van der Waals surface area contributed by atoms with Gasteiger partial charge in [0.05, 0.1) is 12.6 Å². The summed E-state index contributed by atoms with van der Waals surface area (Å²) in [6.07, 6.45) is -4.75. The van der Waals surface area contributed by atoms with Gasteiger partial charge in [-0.1, -0.05) is 0 Å². The summed E-state index contributed by atoms with van der Waals surface area (Å²) >= 11 is 0. The fourth-order valence-electron chi connectivity index (χ4n) is 1.27. The second-order valence-corrected chi connectivity index (χ2v) is 4.14. The number of nitrogens with one attached hydrogen (secondary N) is 1. The summed E-state index contributed by atoms with van der Waals surface area (Å²) in [5.74, 6) is -0.368. The third-order valence-corrected chi connectivity index (χ3v) is 2.58. The minimum Gasteiger partial charge on any atom is -0.406 e. The van der Waals surface area contributed by atoms with Gasteiger partial charge in [-0.25, -0.2) is 4.79 Å². The molecule has 2 amide bonds. The number of urea groups is 1. The van der Waals surface area contributed by atoms with Gasteiger partial charge in [0.15, 0.2) is 0 Å². The Kier molecular flexibility index (Phi) is 5.20. The van der Waals surface area contributed by atoms with E-state index in [2.05, 4.69) is 10.1 Å². The van der Waals surface area contributed by atoms with Gasteiger partial charge in [0, 0.05) is 12.7 Å². The third kappa shape index (κ3) is 4.96. The van der Waals surface area contributed by atoms with Crippen molar-refractivity contribution in [2.45, 2.75) is 19.3 Å². The SMILES string of the molecule is CC(CO)N(C)C(=O)Nc1ccc(OC(F)(F)F)cc1. The molecule has 1 aromatic rings. The molecular formula is C12H15F3N2O3. The molecule has 8 heteroatoms. The summed E-state index contributed by atoms with van der Waals surface area (Å²) in [6, 6.07) is 3.92. The van der Waals surface area contributed by atoms with Gasteiger partial charge in [0.1, 0.15) is 5.75 Å². The van der Waals surface area contributed by atoms with Gasteiger partial charge in [0.25, 0.3) is 0 Å². The molecule has 0 radical (unpaired) electrons. The lowest BCUT2D eigenvalue weighted by atomic mass is 10.3. The molecule has 0 saturated heterocycles. The summed E-state index contributed by atoms with van der Waals surface area (Å²) in [4.78, 5) is 13.0. The highest BCUT2D eigenvalue weighted by molar-refractivity contribution is 5.89. The van der Waals surface area contributed by atoms with Crippen molar-refractivity contribution in [2.75, 3.05) is 19.0 Å². The number of aliphatic hydroxyl groups is 1. The molecule has 0 aliphatic heterocycles. The highest BCUT2D eigenvalue weighted by Gasteiger charge is 2.30. The van der Waals surface area contributed by atoms with Gasteiger partial charge in [0.2, 0.25) is 0 Å². The fourth-order valence-corrected chi connectivity index (χ4v) is 1.27. The van der Waals surface area contributed by atoms with Gasteiger partial charge >= 0.3 is 12.4 Å². The van der Waals surface area contributed by atoms with Gasteiger partial charge in [-0.15, -0.1) is 13.2 Å². The number of carbonyl (C=O) groups excluding carboxylic acids is 1. The molecule has 0 aliphatic carbocycles. The largest absolute Gasteiger partial charge is 0.573 e. The predicted octanol–water partition coefficient (Wildman–Crippen LogP) is 2.43. The van der Waals surface area contributed by atoms with Crippen LogP contribution in [0, 0.1) is 0 Å². The molecule has 0 heterocycles. The first-order valence-electron chi connectivity index (χ1n) is 5.73. The molecule has 0 fully saturated rings. The number of nitrogens with zero attached hydrogens (tertiary/aromatic N) is 1. The molecule has 20 heavy (non-hydrogen) atoms. The van der Waals surface area contributed by atoms with Crippen LogP contribution in [-0.2, 0) is 0 Å². The zero-order valence-corrected chi connectivity index (χ0v) is 10.9. The Hall–Kier alpha value is -1.96. The topological polar surface area (TPSA) is 61.8 Å². The molecule has 0 spiro atoms. The number of carbonyl (C=O) groups is 1. The number of alkyl halides is 3. The van der Waals surface area contributed by atoms with E-state index in [4.69, 9.17) is 5.11 Å². The Bertz CT molecular complexity index is 448. The van der Waals surface area contributed by atoms with E-state index >= 15 is 0 Å². The number of likely N-dealkylation sites (N-methyl/N-ethyl adjacent to an activating group) is 1. The number of amides is 2. The van der Waals surface area contributed by atoms with Crippen LogP contribution in [0.1, 0.15) is 6.92 Å². The van der Waals surface area contributed by atoms with E-state index in [0.29, 0.717) is 5.69 Å². The van der Waals surface area contributed by atoms with Crippen LogP contribution < -0.4 is 10.1 Å².